The molecule has 2 aromatic rings. The molecule has 2 aromatic carbocycles. The summed E-state index contributed by atoms with van der Waals surface area (Å²) in [6, 6.07) is 7.08. The number of hydrogen-bond acceptors (Lipinski definition) is 5. The lowest BCUT2D eigenvalue weighted by atomic mass is 9.98. The predicted molar refractivity (Wildman–Crippen MR) is 81.2 cm³/mol. The molecule has 0 saturated carbocycles. The standard InChI is InChI=1S/C15H12O7S/c1-2-7-22-15(18)12-10-6-4-3-5-9(10)8-11(23(19,20)21)13(12)14(16)17/h2-6,8H,1,7H2,(H,16,17)(H,19,20,21). The van der Waals surface area contributed by atoms with E-state index in [2.05, 4.69) is 6.58 Å². The molecule has 0 fully saturated rings. The van der Waals surface area contributed by atoms with Crippen molar-refractivity contribution in [2.75, 3.05) is 6.61 Å². The number of fused-ring (bicyclic) bond motifs is 1. The predicted octanol–water partition coefficient (Wildman–Crippen LogP) is 2.13. The summed E-state index contributed by atoms with van der Waals surface area (Å²) >= 11 is 0. The molecule has 8 heteroatoms. The van der Waals surface area contributed by atoms with Crippen LogP contribution in [0.15, 0.2) is 47.9 Å². The van der Waals surface area contributed by atoms with Gasteiger partial charge >= 0.3 is 11.9 Å². The molecule has 7 nitrogen and oxygen atoms in total. The average molecular weight is 336 g/mol. The summed E-state index contributed by atoms with van der Waals surface area (Å²) in [7, 11) is -4.86. The quantitative estimate of drug-likeness (QED) is 0.488. The molecule has 120 valence electrons. The minimum Gasteiger partial charge on any atom is -0.478 e. The van der Waals surface area contributed by atoms with Gasteiger partial charge in [-0.3, -0.25) is 4.55 Å². The van der Waals surface area contributed by atoms with Crippen molar-refractivity contribution in [1.29, 1.82) is 0 Å². The summed E-state index contributed by atoms with van der Waals surface area (Å²) in [5.41, 5.74) is -1.27. The number of hydrogen-bond donors (Lipinski definition) is 2. The van der Waals surface area contributed by atoms with E-state index in [0.717, 1.165) is 6.07 Å². The lowest BCUT2D eigenvalue weighted by Gasteiger charge is -2.13. The molecule has 2 N–H and O–H groups in total. The summed E-state index contributed by atoms with van der Waals surface area (Å²) in [6.07, 6.45) is 1.28. The van der Waals surface area contributed by atoms with Crippen LogP contribution in [-0.4, -0.2) is 36.6 Å². The van der Waals surface area contributed by atoms with Crippen molar-refractivity contribution >= 4 is 32.8 Å². The van der Waals surface area contributed by atoms with Crippen molar-refractivity contribution in [2.45, 2.75) is 4.90 Å². The van der Waals surface area contributed by atoms with Gasteiger partial charge in [-0.2, -0.15) is 8.42 Å². The Bertz CT molecular complexity index is 913. The van der Waals surface area contributed by atoms with Crippen LogP contribution in [-0.2, 0) is 14.9 Å². The number of carboxylic acid groups (broad SMARTS) is 1. The van der Waals surface area contributed by atoms with Crippen LogP contribution in [0.5, 0.6) is 0 Å². The molecule has 0 aliphatic carbocycles. The number of rotatable bonds is 5. The van der Waals surface area contributed by atoms with E-state index in [1.807, 2.05) is 0 Å². The number of carboxylic acids is 1. The normalized spacial score (nSPS) is 11.2. The first kappa shape index (κ1) is 16.7. The van der Waals surface area contributed by atoms with Gasteiger partial charge in [0.05, 0.1) is 11.1 Å². The maximum Gasteiger partial charge on any atom is 0.340 e. The van der Waals surface area contributed by atoms with Crippen molar-refractivity contribution in [3.8, 4) is 0 Å². The molecule has 0 aliphatic rings. The molecule has 0 spiro atoms. The molecule has 0 saturated heterocycles. The minimum absolute atomic E-state index is 0.178. The van der Waals surface area contributed by atoms with Crippen LogP contribution in [0.4, 0.5) is 0 Å². The maximum atomic E-state index is 12.2. The van der Waals surface area contributed by atoms with Crippen molar-refractivity contribution in [3.63, 3.8) is 0 Å². The lowest BCUT2D eigenvalue weighted by Crippen LogP contribution is -2.17. The second-order valence-corrected chi connectivity index (χ2v) is 5.90. The van der Waals surface area contributed by atoms with Gasteiger partial charge < -0.3 is 9.84 Å². The highest BCUT2D eigenvalue weighted by molar-refractivity contribution is 7.86. The second kappa shape index (κ2) is 6.19. The molecule has 0 atom stereocenters. The Balaban J connectivity index is 2.94. The maximum absolute atomic E-state index is 12.2. The molecule has 23 heavy (non-hydrogen) atoms. The average Bonchev–Trinajstić information content (AvgIpc) is 2.49. The van der Waals surface area contributed by atoms with Crippen molar-refractivity contribution in [2.24, 2.45) is 0 Å². The molecule has 0 aliphatic heterocycles. The first-order valence-corrected chi connectivity index (χ1v) is 7.76. The van der Waals surface area contributed by atoms with E-state index < -0.39 is 38.1 Å². The smallest absolute Gasteiger partial charge is 0.340 e. The Morgan fingerprint density at radius 3 is 2.43 bits per heavy atom. The highest BCUT2D eigenvalue weighted by atomic mass is 32.2. The number of carbonyl (C=O) groups excluding carboxylic acids is 1. The number of esters is 1. The molecule has 0 bridgehead atoms. The van der Waals surface area contributed by atoms with E-state index in [-0.39, 0.29) is 17.4 Å². The van der Waals surface area contributed by atoms with E-state index in [9.17, 15) is 27.7 Å². The van der Waals surface area contributed by atoms with Gasteiger partial charge in [0.2, 0.25) is 0 Å². The molecular formula is C15H12O7S. The van der Waals surface area contributed by atoms with E-state index in [0.29, 0.717) is 0 Å². The van der Waals surface area contributed by atoms with Crippen molar-refractivity contribution in [3.05, 3.63) is 54.1 Å². The summed E-state index contributed by atoms with van der Waals surface area (Å²) in [5, 5.41) is 9.81. The van der Waals surface area contributed by atoms with E-state index >= 15 is 0 Å². The van der Waals surface area contributed by atoms with Crippen LogP contribution in [0.3, 0.4) is 0 Å². The molecular weight excluding hydrogens is 324 g/mol. The molecule has 0 heterocycles. The monoisotopic (exact) mass is 336 g/mol. The van der Waals surface area contributed by atoms with E-state index in [1.54, 1.807) is 12.1 Å². The third kappa shape index (κ3) is 3.22. The largest absolute Gasteiger partial charge is 0.478 e. The van der Waals surface area contributed by atoms with Crippen LogP contribution in [0.1, 0.15) is 20.7 Å². The molecule has 0 amide bonds. The third-order valence-electron chi connectivity index (χ3n) is 3.04. The van der Waals surface area contributed by atoms with Gasteiger partial charge in [0, 0.05) is 0 Å². The summed E-state index contributed by atoms with van der Waals surface area (Å²) in [5.74, 6) is -2.70. The zero-order chi connectivity index (χ0) is 17.2. The number of benzene rings is 2. The summed E-state index contributed by atoms with van der Waals surface area (Å²) in [6.45, 7) is 3.20. The van der Waals surface area contributed by atoms with Crippen LogP contribution >= 0.6 is 0 Å². The number of aromatic carboxylic acids is 1. The van der Waals surface area contributed by atoms with Crippen LogP contribution in [0, 0.1) is 0 Å². The van der Waals surface area contributed by atoms with Crippen LogP contribution in [0.25, 0.3) is 10.8 Å². The van der Waals surface area contributed by atoms with Gasteiger partial charge in [0.1, 0.15) is 11.5 Å². The summed E-state index contributed by atoms with van der Waals surface area (Å²) in [4.78, 5) is 22.9. The molecule has 0 aromatic heterocycles. The fourth-order valence-electron chi connectivity index (χ4n) is 2.16. The van der Waals surface area contributed by atoms with Gasteiger partial charge in [0.15, 0.2) is 0 Å². The Hall–Kier alpha value is -2.71. The van der Waals surface area contributed by atoms with Crippen molar-refractivity contribution < 1.29 is 32.4 Å². The first-order chi connectivity index (χ1) is 10.8. The highest BCUT2D eigenvalue weighted by Gasteiger charge is 2.29. The Kier molecular flexibility index (Phi) is 4.48. The van der Waals surface area contributed by atoms with Crippen molar-refractivity contribution in [1.82, 2.24) is 0 Å². The van der Waals surface area contributed by atoms with Gasteiger partial charge in [-0.1, -0.05) is 36.9 Å². The highest BCUT2D eigenvalue weighted by Crippen LogP contribution is 2.29. The Labute approximate surface area is 131 Å². The van der Waals surface area contributed by atoms with E-state index in [4.69, 9.17) is 4.74 Å². The minimum atomic E-state index is -4.86. The Morgan fingerprint density at radius 2 is 1.87 bits per heavy atom. The Morgan fingerprint density at radius 1 is 1.22 bits per heavy atom. The topological polar surface area (TPSA) is 118 Å². The fourth-order valence-corrected chi connectivity index (χ4v) is 2.88. The van der Waals surface area contributed by atoms with E-state index in [1.165, 1.54) is 18.2 Å². The molecule has 0 radical (unpaired) electrons. The number of ether oxygens (including phenoxy) is 1. The zero-order valence-corrected chi connectivity index (χ0v) is 12.5. The molecule has 0 unspecified atom stereocenters. The van der Waals surface area contributed by atoms with Gasteiger partial charge in [-0.05, 0) is 16.8 Å². The fraction of sp³-hybridized carbons (Fsp3) is 0.0667. The van der Waals surface area contributed by atoms with Gasteiger partial charge in [-0.15, -0.1) is 0 Å². The SMILES string of the molecule is C=CCOC(=O)c1c(C(=O)O)c(S(=O)(=O)O)cc2ccccc12. The first-order valence-electron chi connectivity index (χ1n) is 6.32. The van der Waals surface area contributed by atoms with Crippen LogP contribution in [0.2, 0.25) is 0 Å². The van der Waals surface area contributed by atoms with Gasteiger partial charge in [0.25, 0.3) is 10.1 Å². The number of carbonyl (C=O) groups is 2. The molecule has 2 rings (SSSR count). The van der Waals surface area contributed by atoms with Gasteiger partial charge in [-0.25, -0.2) is 9.59 Å². The van der Waals surface area contributed by atoms with Crippen LogP contribution < -0.4 is 0 Å². The lowest BCUT2D eigenvalue weighted by molar-refractivity contribution is 0.0538. The zero-order valence-electron chi connectivity index (χ0n) is 11.7. The second-order valence-electron chi connectivity index (χ2n) is 4.51. The third-order valence-corrected chi connectivity index (χ3v) is 3.92. The summed E-state index contributed by atoms with van der Waals surface area (Å²) < 4.78 is 37.2.